The number of rotatable bonds is 5. The minimum atomic E-state index is -3.42. The number of nitrogens with zero attached hydrogens (tertiary/aromatic N) is 5. The average molecular weight is 464 g/mol. The van der Waals surface area contributed by atoms with Crippen molar-refractivity contribution in [3.63, 3.8) is 0 Å². The van der Waals surface area contributed by atoms with Crippen molar-refractivity contribution in [1.82, 2.24) is 15.0 Å². The molecule has 3 aromatic rings. The smallest absolute Gasteiger partial charge is 0.232 e. The first-order valence-corrected chi connectivity index (χ1v) is 12.8. The van der Waals surface area contributed by atoms with Crippen LogP contribution in [0.5, 0.6) is 0 Å². The molecule has 0 bridgehead atoms. The topological polar surface area (TPSA) is 97.6 Å². The number of fused-ring (bicyclic) bond motifs is 1. The van der Waals surface area contributed by atoms with Crippen LogP contribution in [0.25, 0.3) is 20.5 Å². The number of aryl methyl sites for hydroxylation is 1. The lowest BCUT2D eigenvalue weighted by Gasteiger charge is -2.25. The minimum Gasteiger partial charge on any atom is -0.393 e. The number of aromatic nitrogens is 3. The molecule has 158 valence electrons. The summed E-state index contributed by atoms with van der Waals surface area (Å²) in [5, 5.41) is 6.38. The molecule has 0 spiro atoms. The van der Waals surface area contributed by atoms with Crippen molar-refractivity contribution in [3.05, 3.63) is 35.9 Å². The molecule has 0 amide bonds. The van der Waals surface area contributed by atoms with Gasteiger partial charge in [0.2, 0.25) is 10.0 Å². The summed E-state index contributed by atoms with van der Waals surface area (Å²) in [5.41, 5.74) is 3.00. The molecule has 1 aliphatic heterocycles. The number of oxime groups is 1. The lowest BCUT2D eigenvalue weighted by molar-refractivity contribution is 0.0855. The van der Waals surface area contributed by atoms with Crippen LogP contribution in [-0.4, -0.2) is 48.0 Å². The largest absolute Gasteiger partial charge is 0.393 e. The van der Waals surface area contributed by atoms with E-state index in [1.165, 1.54) is 33.2 Å². The van der Waals surface area contributed by atoms with E-state index in [0.29, 0.717) is 29.4 Å². The molecule has 0 atom stereocenters. The number of thiazole rings is 2. The molecule has 8 nitrogen and oxygen atoms in total. The highest BCUT2D eigenvalue weighted by molar-refractivity contribution is 7.92. The van der Waals surface area contributed by atoms with E-state index in [4.69, 9.17) is 9.82 Å². The van der Waals surface area contributed by atoms with Crippen LogP contribution in [0.1, 0.15) is 31.7 Å². The Hall–Kier alpha value is -2.37. The molecule has 0 N–H and O–H groups in total. The number of hydrogen-bond donors (Lipinski definition) is 0. The van der Waals surface area contributed by atoms with E-state index in [9.17, 15) is 8.42 Å². The molecule has 4 rings (SSSR count). The predicted octanol–water partition coefficient (Wildman–Crippen LogP) is 3.94. The molecule has 0 aliphatic carbocycles. The first kappa shape index (κ1) is 20.9. The minimum absolute atomic E-state index is 0.0715. The molecule has 0 unspecified atom stereocenters. The van der Waals surface area contributed by atoms with Crippen LogP contribution >= 0.6 is 22.7 Å². The maximum absolute atomic E-state index is 12.3. The molecule has 0 aromatic carbocycles. The summed E-state index contributed by atoms with van der Waals surface area (Å²) in [6.45, 7) is 6.03. The Morgan fingerprint density at radius 2 is 2.03 bits per heavy atom. The summed E-state index contributed by atoms with van der Waals surface area (Å²) in [4.78, 5) is 19.9. The Labute approximate surface area is 183 Å². The van der Waals surface area contributed by atoms with Crippen molar-refractivity contribution < 1.29 is 13.3 Å². The summed E-state index contributed by atoms with van der Waals surface area (Å²) < 4.78 is 26.1. The maximum atomic E-state index is 12.3. The van der Waals surface area contributed by atoms with E-state index in [1.54, 1.807) is 12.4 Å². The van der Waals surface area contributed by atoms with Gasteiger partial charge in [-0.25, -0.2) is 18.4 Å². The lowest BCUT2D eigenvalue weighted by atomic mass is 10.1. The van der Waals surface area contributed by atoms with E-state index in [1.807, 2.05) is 32.9 Å². The van der Waals surface area contributed by atoms with Gasteiger partial charge in [-0.1, -0.05) is 16.5 Å². The molecule has 1 aliphatic rings. The normalized spacial score (nSPS) is 15.6. The Balaban J connectivity index is 1.80. The monoisotopic (exact) mass is 463 g/mol. The third-order valence-corrected chi connectivity index (χ3v) is 8.05. The fraction of sp³-hybridized carbons (Fsp3) is 0.368. The number of anilines is 1. The van der Waals surface area contributed by atoms with Crippen molar-refractivity contribution in [2.24, 2.45) is 5.16 Å². The molecule has 0 fully saturated rings. The highest BCUT2D eigenvalue weighted by atomic mass is 32.2. The number of hydrogen-bond acceptors (Lipinski definition) is 9. The van der Waals surface area contributed by atoms with Crippen LogP contribution in [0, 0.1) is 6.92 Å². The van der Waals surface area contributed by atoms with Gasteiger partial charge < -0.3 is 4.84 Å². The third-order valence-electron chi connectivity index (χ3n) is 4.33. The second kappa shape index (κ2) is 8.05. The van der Waals surface area contributed by atoms with Crippen LogP contribution in [0.4, 0.5) is 5.00 Å². The summed E-state index contributed by atoms with van der Waals surface area (Å²) in [6.07, 6.45) is 5.08. The SMILES string of the molecule is Cc1nc(-c2cccnc2)sc1-c1nc2c(s1)N(S(C)(=O)=O)CCC2=NOC(C)C. The van der Waals surface area contributed by atoms with E-state index in [0.717, 1.165) is 26.1 Å². The zero-order chi connectivity index (χ0) is 21.5. The van der Waals surface area contributed by atoms with Crippen molar-refractivity contribution in [2.45, 2.75) is 33.3 Å². The summed E-state index contributed by atoms with van der Waals surface area (Å²) in [5.74, 6) is 0. The van der Waals surface area contributed by atoms with Crippen LogP contribution < -0.4 is 4.31 Å². The first-order valence-electron chi connectivity index (χ1n) is 9.34. The van der Waals surface area contributed by atoms with Gasteiger partial charge in [-0.2, -0.15) is 0 Å². The number of pyridine rings is 1. The predicted molar refractivity (Wildman–Crippen MR) is 121 cm³/mol. The van der Waals surface area contributed by atoms with Gasteiger partial charge in [0.1, 0.15) is 32.5 Å². The van der Waals surface area contributed by atoms with Gasteiger partial charge in [0, 0.05) is 30.9 Å². The van der Waals surface area contributed by atoms with Crippen molar-refractivity contribution in [2.75, 3.05) is 17.1 Å². The van der Waals surface area contributed by atoms with Crippen LogP contribution in [-0.2, 0) is 14.9 Å². The second-order valence-corrected chi connectivity index (χ2v) is 11.0. The van der Waals surface area contributed by atoms with Crippen molar-refractivity contribution in [1.29, 1.82) is 0 Å². The summed E-state index contributed by atoms with van der Waals surface area (Å²) in [6, 6.07) is 3.83. The fourth-order valence-corrected chi connectivity index (χ4v) is 6.51. The van der Waals surface area contributed by atoms with Crippen molar-refractivity contribution in [3.8, 4) is 20.5 Å². The fourth-order valence-electron chi connectivity index (χ4n) is 2.98. The first-order chi connectivity index (χ1) is 14.2. The van der Waals surface area contributed by atoms with E-state index < -0.39 is 10.0 Å². The second-order valence-electron chi connectivity index (χ2n) is 7.13. The standard InChI is InChI=1S/C19H21N5O3S3/c1-11(2)27-23-14-7-9-24(30(4,25)26)19-15(14)22-18(29-19)16-12(3)21-17(28-16)13-6-5-8-20-10-13/h5-6,8,10-11H,7,9H2,1-4H3. The Kier molecular flexibility index (Phi) is 5.60. The molecule has 0 saturated carbocycles. The number of sulfonamides is 1. The summed E-state index contributed by atoms with van der Waals surface area (Å²) >= 11 is 2.85. The Morgan fingerprint density at radius 3 is 2.70 bits per heavy atom. The third kappa shape index (κ3) is 4.09. The highest BCUT2D eigenvalue weighted by Gasteiger charge is 2.33. The van der Waals surface area contributed by atoms with Gasteiger partial charge >= 0.3 is 0 Å². The average Bonchev–Trinajstić information content (AvgIpc) is 3.29. The van der Waals surface area contributed by atoms with Gasteiger partial charge in [0.25, 0.3) is 0 Å². The molecule has 0 saturated heterocycles. The van der Waals surface area contributed by atoms with E-state index in [2.05, 4.69) is 15.1 Å². The van der Waals surface area contributed by atoms with E-state index in [-0.39, 0.29) is 6.10 Å². The van der Waals surface area contributed by atoms with Crippen LogP contribution in [0.3, 0.4) is 0 Å². The van der Waals surface area contributed by atoms with Crippen LogP contribution in [0.15, 0.2) is 29.7 Å². The molecule has 4 heterocycles. The van der Waals surface area contributed by atoms with Gasteiger partial charge in [-0.15, -0.1) is 11.3 Å². The molecule has 0 radical (unpaired) electrons. The Morgan fingerprint density at radius 1 is 1.23 bits per heavy atom. The van der Waals surface area contributed by atoms with Gasteiger partial charge in [0.15, 0.2) is 0 Å². The van der Waals surface area contributed by atoms with Gasteiger partial charge in [-0.05, 0) is 32.9 Å². The highest BCUT2D eigenvalue weighted by Crippen LogP contribution is 2.43. The summed E-state index contributed by atoms with van der Waals surface area (Å²) in [7, 11) is -3.42. The molecule has 30 heavy (non-hydrogen) atoms. The van der Waals surface area contributed by atoms with Crippen LogP contribution in [0.2, 0.25) is 0 Å². The quantitative estimate of drug-likeness (QED) is 0.532. The maximum Gasteiger partial charge on any atom is 0.232 e. The lowest BCUT2D eigenvalue weighted by Crippen LogP contribution is -2.36. The zero-order valence-electron chi connectivity index (χ0n) is 17.0. The van der Waals surface area contributed by atoms with Gasteiger partial charge in [-0.3, -0.25) is 9.29 Å². The zero-order valence-corrected chi connectivity index (χ0v) is 19.4. The Bertz CT molecular complexity index is 1200. The molecule has 3 aromatic heterocycles. The molecule has 11 heteroatoms. The van der Waals surface area contributed by atoms with Crippen molar-refractivity contribution >= 4 is 43.4 Å². The molecular weight excluding hydrogens is 442 g/mol. The van der Waals surface area contributed by atoms with Gasteiger partial charge in [0.05, 0.1) is 16.8 Å². The van der Waals surface area contributed by atoms with E-state index >= 15 is 0 Å². The molecular formula is C19H21N5O3S3.